The molecule has 0 saturated heterocycles. The van der Waals surface area contributed by atoms with Crippen LogP contribution < -0.4 is 0 Å². The topological polar surface area (TPSA) is 54.4 Å². The molecule has 2 aromatic carbocycles. The van der Waals surface area contributed by atoms with E-state index in [1.54, 1.807) is 24.3 Å². The first-order valence-corrected chi connectivity index (χ1v) is 6.12. The predicted molar refractivity (Wildman–Crippen MR) is 74.7 cm³/mol. The maximum absolute atomic E-state index is 12.4. The van der Waals surface area contributed by atoms with E-state index < -0.39 is 11.4 Å². The quantitative estimate of drug-likeness (QED) is 0.832. The average Bonchev–Trinajstić information content (AvgIpc) is 2.35. The fraction of sp³-hybridized carbons (Fsp3) is 0.250. The van der Waals surface area contributed by atoms with E-state index in [1.807, 2.05) is 26.8 Å². The SMILES string of the molecule is CC(C)(C)C(=O)c1ccc(C(=O)O)c2ccccc12. The van der Waals surface area contributed by atoms with Gasteiger partial charge in [0.15, 0.2) is 5.78 Å². The van der Waals surface area contributed by atoms with Gasteiger partial charge in [-0.3, -0.25) is 4.79 Å². The molecule has 0 aliphatic rings. The van der Waals surface area contributed by atoms with Crippen LogP contribution in [-0.2, 0) is 0 Å². The molecule has 0 aliphatic heterocycles. The Kier molecular flexibility index (Phi) is 3.14. The van der Waals surface area contributed by atoms with Gasteiger partial charge in [-0.1, -0.05) is 45.0 Å². The molecule has 0 amide bonds. The molecule has 19 heavy (non-hydrogen) atoms. The number of carboxylic acid groups (broad SMARTS) is 1. The number of carboxylic acids is 1. The van der Waals surface area contributed by atoms with Gasteiger partial charge in [-0.2, -0.15) is 0 Å². The Morgan fingerprint density at radius 1 is 0.895 bits per heavy atom. The van der Waals surface area contributed by atoms with Gasteiger partial charge in [-0.15, -0.1) is 0 Å². The van der Waals surface area contributed by atoms with Crippen LogP contribution in [0.1, 0.15) is 41.5 Å². The predicted octanol–water partition coefficient (Wildman–Crippen LogP) is 3.77. The van der Waals surface area contributed by atoms with Crippen LogP contribution in [-0.4, -0.2) is 16.9 Å². The van der Waals surface area contributed by atoms with Crippen LogP contribution in [0.4, 0.5) is 0 Å². The molecule has 1 N–H and O–H groups in total. The fourth-order valence-electron chi connectivity index (χ4n) is 2.09. The molecule has 0 heterocycles. The maximum Gasteiger partial charge on any atom is 0.336 e. The van der Waals surface area contributed by atoms with Gasteiger partial charge in [0, 0.05) is 11.0 Å². The minimum atomic E-state index is -0.981. The minimum absolute atomic E-state index is 0.0145. The standard InChI is InChI=1S/C16H16O3/c1-16(2,3)14(17)12-8-9-13(15(18)19)11-7-5-4-6-10(11)12/h4-9H,1-3H3,(H,18,19). The van der Waals surface area contributed by atoms with E-state index in [4.69, 9.17) is 0 Å². The van der Waals surface area contributed by atoms with Gasteiger partial charge in [0.25, 0.3) is 0 Å². The Bertz CT molecular complexity index is 663. The van der Waals surface area contributed by atoms with Crippen molar-refractivity contribution < 1.29 is 14.7 Å². The smallest absolute Gasteiger partial charge is 0.336 e. The molecule has 3 nitrogen and oxygen atoms in total. The number of hydrogen-bond acceptors (Lipinski definition) is 2. The molecule has 0 bridgehead atoms. The lowest BCUT2D eigenvalue weighted by Crippen LogP contribution is -2.20. The van der Waals surface area contributed by atoms with Gasteiger partial charge >= 0.3 is 5.97 Å². The van der Waals surface area contributed by atoms with E-state index in [2.05, 4.69) is 0 Å². The maximum atomic E-state index is 12.4. The Hall–Kier alpha value is -2.16. The highest BCUT2D eigenvalue weighted by Crippen LogP contribution is 2.28. The number of benzene rings is 2. The second kappa shape index (κ2) is 4.50. The number of Topliss-reactive ketones (excluding diaryl/α,β-unsaturated/α-hetero) is 1. The van der Waals surface area contributed by atoms with Crippen molar-refractivity contribution >= 4 is 22.5 Å². The Balaban J connectivity index is 2.76. The third-order valence-corrected chi connectivity index (χ3v) is 3.08. The summed E-state index contributed by atoms with van der Waals surface area (Å²) in [6.45, 7) is 5.57. The van der Waals surface area contributed by atoms with Crippen molar-refractivity contribution in [2.24, 2.45) is 5.41 Å². The number of rotatable bonds is 2. The summed E-state index contributed by atoms with van der Waals surface area (Å²) in [6, 6.07) is 10.2. The van der Waals surface area contributed by atoms with E-state index >= 15 is 0 Å². The van der Waals surface area contributed by atoms with Crippen LogP contribution in [0.3, 0.4) is 0 Å². The van der Waals surface area contributed by atoms with Crippen LogP contribution in [0.15, 0.2) is 36.4 Å². The number of carbonyl (C=O) groups excluding carboxylic acids is 1. The van der Waals surface area contributed by atoms with Crippen LogP contribution in [0.5, 0.6) is 0 Å². The van der Waals surface area contributed by atoms with Crippen molar-refractivity contribution in [3.8, 4) is 0 Å². The Morgan fingerprint density at radius 3 is 1.84 bits per heavy atom. The first kappa shape index (κ1) is 13.3. The van der Waals surface area contributed by atoms with Gasteiger partial charge in [-0.25, -0.2) is 4.79 Å². The zero-order valence-electron chi connectivity index (χ0n) is 11.2. The first-order valence-electron chi connectivity index (χ1n) is 6.12. The Morgan fingerprint density at radius 2 is 1.37 bits per heavy atom. The molecule has 0 radical (unpaired) electrons. The number of hydrogen-bond donors (Lipinski definition) is 1. The summed E-state index contributed by atoms with van der Waals surface area (Å²) in [5.74, 6) is -0.966. The van der Waals surface area contributed by atoms with Gasteiger partial charge in [0.05, 0.1) is 5.56 Å². The summed E-state index contributed by atoms with van der Waals surface area (Å²) in [6.07, 6.45) is 0. The molecule has 0 aliphatic carbocycles. The van der Waals surface area contributed by atoms with Crippen molar-refractivity contribution in [2.75, 3.05) is 0 Å². The number of ketones is 1. The van der Waals surface area contributed by atoms with Gasteiger partial charge in [0.2, 0.25) is 0 Å². The Labute approximate surface area is 111 Å². The lowest BCUT2D eigenvalue weighted by atomic mass is 9.84. The van der Waals surface area contributed by atoms with E-state index in [0.717, 1.165) is 0 Å². The van der Waals surface area contributed by atoms with E-state index in [0.29, 0.717) is 16.3 Å². The van der Waals surface area contributed by atoms with Crippen LogP contribution in [0.25, 0.3) is 10.8 Å². The zero-order chi connectivity index (χ0) is 14.2. The highest BCUT2D eigenvalue weighted by Gasteiger charge is 2.25. The molecule has 0 aromatic heterocycles. The molecule has 2 aromatic rings. The molecular formula is C16H16O3. The molecule has 98 valence electrons. The summed E-state index contributed by atoms with van der Waals surface area (Å²) in [7, 11) is 0. The fourth-order valence-corrected chi connectivity index (χ4v) is 2.09. The molecule has 0 fully saturated rings. The zero-order valence-corrected chi connectivity index (χ0v) is 11.2. The van der Waals surface area contributed by atoms with Crippen LogP contribution in [0, 0.1) is 5.41 Å². The molecule has 2 rings (SSSR count). The monoisotopic (exact) mass is 256 g/mol. The third kappa shape index (κ3) is 2.36. The van der Waals surface area contributed by atoms with Gasteiger partial charge < -0.3 is 5.11 Å². The number of aromatic carboxylic acids is 1. The molecule has 3 heteroatoms. The molecule has 0 spiro atoms. The van der Waals surface area contributed by atoms with Crippen molar-refractivity contribution in [1.29, 1.82) is 0 Å². The van der Waals surface area contributed by atoms with Gasteiger partial charge in [-0.05, 0) is 22.9 Å². The average molecular weight is 256 g/mol. The molecular weight excluding hydrogens is 240 g/mol. The lowest BCUT2D eigenvalue weighted by Gasteiger charge is -2.18. The van der Waals surface area contributed by atoms with Gasteiger partial charge in [0.1, 0.15) is 0 Å². The number of fused-ring (bicyclic) bond motifs is 1. The highest BCUT2D eigenvalue weighted by molar-refractivity contribution is 6.14. The molecule has 0 saturated carbocycles. The van der Waals surface area contributed by atoms with Crippen molar-refractivity contribution in [3.05, 3.63) is 47.5 Å². The molecule has 0 atom stereocenters. The van der Waals surface area contributed by atoms with E-state index in [-0.39, 0.29) is 11.3 Å². The second-order valence-corrected chi connectivity index (χ2v) is 5.59. The van der Waals surface area contributed by atoms with Crippen molar-refractivity contribution in [2.45, 2.75) is 20.8 Å². The third-order valence-electron chi connectivity index (χ3n) is 3.08. The molecule has 0 unspecified atom stereocenters. The number of carbonyl (C=O) groups is 2. The van der Waals surface area contributed by atoms with E-state index in [1.165, 1.54) is 6.07 Å². The minimum Gasteiger partial charge on any atom is -0.478 e. The summed E-state index contributed by atoms with van der Waals surface area (Å²) in [4.78, 5) is 23.6. The van der Waals surface area contributed by atoms with Crippen molar-refractivity contribution in [3.63, 3.8) is 0 Å². The second-order valence-electron chi connectivity index (χ2n) is 5.59. The van der Waals surface area contributed by atoms with Crippen molar-refractivity contribution in [1.82, 2.24) is 0 Å². The first-order chi connectivity index (χ1) is 8.82. The normalized spacial score (nSPS) is 11.5. The van der Waals surface area contributed by atoms with E-state index in [9.17, 15) is 14.7 Å². The summed E-state index contributed by atoms with van der Waals surface area (Å²) >= 11 is 0. The highest BCUT2D eigenvalue weighted by atomic mass is 16.4. The largest absolute Gasteiger partial charge is 0.478 e. The summed E-state index contributed by atoms with van der Waals surface area (Å²) in [5, 5.41) is 10.5. The lowest BCUT2D eigenvalue weighted by molar-refractivity contribution is 0.0698. The van der Waals surface area contributed by atoms with Crippen LogP contribution in [0.2, 0.25) is 0 Å². The van der Waals surface area contributed by atoms with Crippen LogP contribution >= 0.6 is 0 Å². The summed E-state index contributed by atoms with van der Waals surface area (Å²) < 4.78 is 0. The summed E-state index contributed by atoms with van der Waals surface area (Å²) in [5.41, 5.74) is 0.308.